The molecule has 0 aliphatic rings. The van der Waals surface area contributed by atoms with Crippen molar-refractivity contribution < 1.29 is 13.3 Å². The molecule has 6 nitrogen and oxygen atoms in total. The molecule has 0 atom stereocenters. The Hall–Kier alpha value is -2.15. The van der Waals surface area contributed by atoms with Gasteiger partial charge in [-0.2, -0.15) is 0 Å². The molecule has 23 heavy (non-hydrogen) atoms. The van der Waals surface area contributed by atoms with Crippen LogP contribution in [-0.4, -0.2) is 31.2 Å². The molecule has 1 heterocycles. The molecule has 2 aromatic rings. The Morgan fingerprint density at radius 3 is 2.35 bits per heavy atom. The van der Waals surface area contributed by atoms with E-state index in [9.17, 15) is 13.2 Å². The van der Waals surface area contributed by atoms with Crippen molar-refractivity contribution in [3.63, 3.8) is 0 Å². The Kier molecular flexibility index (Phi) is 5.20. The summed E-state index contributed by atoms with van der Waals surface area (Å²) in [6.07, 6.45) is 3.51. The molecule has 0 aliphatic carbocycles. The zero-order valence-electron chi connectivity index (χ0n) is 13.4. The quantitative estimate of drug-likeness (QED) is 0.803. The van der Waals surface area contributed by atoms with Crippen LogP contribution in [0.2, 0.25) is 0 Å². The normalized spacial score (nSPS) is 11.7. The van der Waals surface area contributed by atoms with Crippen molar-refractivity contribution in [2.75, 3.05) is 12.9 Å². The number of rotatable bonds is 6. The highest BCUT2D eigenvalue weighted by Crippen LogP contribution is 2.19. The average Bonchev–Trinajstić information content (AvgIpc) is 2.48. The van der Waals surface area contributed by atoms with Gasteiger partial charge in [0.25, 0.3) is 0 Å². The number of aromatic nitrogens is 2. The van der Waals surface area contributed by atoms with Crippen molar-refractivity contribution >= 4 is 9.84 Å². The van der Waals surface area contributed by atoms with Gasteiger partial charge in [0.2, 0.25) is 0 Å². The van der Waals surface area contributed by atoms with Crippen LogP contribution in [0.1, 0.15) is 20.3 Å². The van der Waals surface area contributed by atoms with Crippen LogP contribution in [0.4, 0.5) is 0 Å². The van der Waals surface area contributed by atoms with Gasteiger partial charge in [0.15, 0.2) is 9.84 Å². The molecule has 0 unspecified atom stereocenters. The summed E-state index contributed by atoms with van der Waals surface area (Å²) >= 11 is 0. The molecule has 7 heteroatoms. The lowest BCUT2D eigenvalue weighted by molar-refractivity contribution is 0.0646. The molecule has 1 aromatic heterocycles. The first kappa shape index (κ1) is 17.2. The molecule has 0 aliphatic heterocycles. The Morgan fingerprint density at radius 2 is 1.83 bits per heavy atom. The van der Waals surface area contributed by atoms with Crippen LogP contribution in [-0.2, 0) is 9.84 Å². The Bertz CT molecular complexity index is 824. The van der Waals surface area contributed by atoms with Gasteiger partial charge in [-0.1, -0.05) is 30.8 Å². The molecular formula is C16H20N2O4S. The average molecular weight is 336 g/mol. The first-order chi connectivity index (χ1) is 10.8. The summed E-state index contributed by atoms with van der Waals surface area (Å²) in [5.41, 5.74) is 0.966. The van der Waals surface area contributed by atoms with E-state index in [1.54, 1.807) is 12.1 Å². The fraction of sp³-hybridized carbons (Fsp3) is 0.375. The predicted octanol–water partition coefficient (Wildman–Crippen LogP) is 1.79. The van der Waals surface area contributed by atoms with Gasteiger partial charge in [-0.05, 0) is 30.0 Å². The highest BCUT2D eigenvalue weighted by atomic mass is 32.2. The lowest BCUT2D eigenvalue weighted by Gasteiger charge is -2.09. The van der Waals surface area contributed by atoms with Crippen molar-refractivity contribution in [1.82, 2.24) is 9.94 Å². The molecule has 0 saturated carbocycles. The van der Waals surface area contributed by atoms with Gasteiger partial charge in [-0.3, -0.25) is 4.79 Å². The second-order valence-corrected chi connectivity index (χ2v) is 7.78. The minimum Gasteiger partial charge on any atom is -0.394 e. The van der Waals surface area contributed by atoms with Gasteiger partial charge in [0.1, 0.15) is 6.61 Å². The topological polar surface area (TPSA) is 78.3 Å². The van der Waals surface area contributed by atoms with E-state index in [1.807, 2.05) is 0 Å². The van der Waals surface area contributed by atoms with E-state index in [0.717, 1.165) is 23.1 Å². The zero-order valence-corrected chi connectivity index (χ0v) is 14.2. The van der Waals surface area contributed by atoms with Gasteiger partial charge < -0.3 is 4.84 Å². The summed E-state index contributed by atoms with van der Waals surface area (Å²) in [4.78, 5) is 18.5. The van der Waals surface area contributed by atoms with Crippen LogP contribution < -0.4 is 10.4 Å². The van der Waals surface area contributed by atoms with Gasteiger partial charge in [0.05, 0.1) is 11.1 Å². The molecule has 0 bridgehead atoms. The fourth-order valence-corrected chi connectivity index (χ4v) is 2.55. The number of nitrogens with zero attached hydrogens (tertiary/aromatic N) is 2. The predicted molar refractivity (Wildman–Crippen MR) is 87.9 cm³/mol. The van der Waals surface area contributed by atoms with Crippen molar-refractivity contribution in [2.24, 2.45) is 5.92 Å². The third-order valence-corrected chi connectivity index (χ3v) is 4.42. The maximum Gasteiger partial charge on any atom is 0.303 e. The molecule has 1 aromatic carbocycles. The van der Waals surface area contributed by atoms with Crippen LogP contribution in [0.5, 0.6) is 0 Å². The lowest BCUT2D eigenvalue weighted by Crippen LogP contribution is -2.29. The minimum atomic E-state index is -3.24. The van der Waals surface area contributed by atoms with E-state index in [-0.39, 0.29) is 10.5 Å². The van der Waals surface area contributed by atoms with Crippen LogP contribution in [0, 0.1) is 5.92 Å². The standard InChI is InChI=1S/C16H20N2O4S/c1-12(2)8-9-22-18-16(19)10-14(11-17-18)13-4-6-15(7-5-13)23(3,20)21/h4-7,10-12H,8-9H2,1-3H3. The molecule has 124 valence electrons. The summed E-state index contributed by atoms with van der Waals surface area (Å²) in [6.45, 7) is 4.57. The Balaban J connectivity index is 2.18. The molecule has 0 amide bonds. The molecule has 0 saturated heterocycles. The second-order valence-electron chi connectivity index (χ2n) is 5.77. The van der Waals surface area contributed by atoms with Gasteiger partial charge in [-0.25, -0.2) is 8.42 Å². The van der Waals surface area contributed by atoms with Crippen molar-refractivity contribution in [1.29, 1.82) is 0 Å². The second kappa shape index (κ2) is 6.95. The van der Waals surface area contributed by atoms with E-state index < -0.39 is 9.84 Å². The van der Waals surface area contributed by atoms with Crippen LogP contribution >= 0.6 is 0 Å². The van der Waals surface area contributed by atoms with Gasteiger partial charge in [0, 0.05) is 17.9 Å². The highest BCUT2D eigenvalue weighted by molar-refractivity contribution is 7.90. The van der Waals surface area contributed by atoms with Crippen LogP contribution in [0.15, 0.2) is 46.2 Å². The molecule has 2 rings (SSSR count). The van der Waals surface area contributed by atoms with E-state index in [0.29, 0.717) is 18.1 Å². The minimum absolute atomic E-state index is 0.236. The first-order valence-corrected chi connectivity index (χ1v) is 9.19. The lowest BCUT2D eigenvalue weighted by atomic mass is 10.1. The summed E-state index contributed by atoms with van der Waals surface area (Å²) in [5, 5.41) is 3.99. The maximum atomic E-state index is 12.0. The summed E-state index contributed by atoms with van der Waals surface area (Å²) in [7, 11) is -3.24. The van der Waals surface area contributed by atoms with E-state index in [4.69, 9.17) is 4.84 Å². The van der Waals surface area contributed by atoms with Gasteiger partial charge in [-0.15, -0.1) is 5.10 Å². The Morgan fingerprint density at radius 1 is 1.17 bits per heavy atom. The Labute approximate surface area is 135 Å². The van der Waals surface area contributed by atoms with E-state index in [1.165, 1.54) is 24.4 Å². The molecule has 0 spiro atoms. The third-order valence-electron chi connectivity index (χ3n) is 3.29. The number of sulfone groups is 1. The smallest absolute Gasteiger partial charge is 0.303 e. The fourth-order valence-electron chi connectivity index (χ4n) is 1.92. The zero-order chi connectivity index (χ0) is 17.0. The monoisotopic (exact) mass is 336 g/mol. The summed E-state index contributed by atoms with van der Waals surface area (Å²) in [6, 6.07) is 7.73. The summed E-state index contributed by atoms with van der Waals surface area (Å²) < 4.78 is 22.9. The molecule has 0 N–H and O–H groups in total. The van der Waals surface area contributed by atoms with E-state index >= 15 is 0 Å². The largest absolute Gasteiger partial charge is 0.394 e. The maximum absolute atomic E-state index is 12.0. The first-order valence-electron chi connectivity index (χ1n) is 7.30. The van der Waals surface area contributed by atoms with Crippen molar-refractivity contribution in [3.8, 4) is 11.1 Å². The molecular weight excluding hydrogens is 316 g/mol. The highest BCUT2D eigenvalue weighted by Gasteiger charge is 2.08. The van der Waals surface area contributed by atoms with E-state index in [2.05, 4.69) is 18.9 Å². The number of benzene rings is 1. The van der Waals surface area contributed by atoms with Crippen molar-refractivity contribution in [2.45, 2.75) is 25.2 Å². The van der Waals surface area contributed by atoms with Crippen LogP contribution in [0.25, 0.3) is 11.1 Å². The SMILES string of the molecule is CC(C)CCOn1ncc(-c2ccc(S(C)(=O)=O)cc2)cc1=O. The third kappa shape index (κ3) is 4.66. The summed E-state index contributed by atoms with van der Waals surface area (Å²) in [5.74, 6) is 0.485. The van der Waals surface area contributed by atoms with Crippen molar-refractivity contribution in [3.05, 3.63) is 46.9 Å². The van der Waals surface area contributed by atoms with Crippen LogP contribution in [0.3, 0.4) is 0 Å². The van der Waals surface area contributed by atoms with Gasteiger partial charge >= 0.3 is 5.56 Å². The molecule has 0 fully saturated rings. The number of hydrogen-bond donors (Lipinski definition) is 0. The molecule has 0 radical (unpaired) electrons. The number of hydrogen-bond acceptors (Lipinski definition) is 5.